The molecule has 1 aliphatic rings. The highest BCUT2D eigenvalue weighted by molar-refractivity contribution is 6.02. The van der Waals surface area contributed by atoms with E-state index in [2.05, 4.69) is 13.8 Å². The van der Waals surface area contributed by atoms with Crippen molar-refractivity contribution in [3.8, 4) is 0 Å². The van der Waals surface area contributed by atoms with E-state index in [1.165, 1.54) is 0 Å². The van der Waals surface area contributed by atoms with E-state index in [0.29, 0.717) is 12.4 Å². The van der Waals surface area contributed by atoms with Crippen LogP contribution in [0, 0.1) is 5.41 Å². The molecule has 2 nitrogen and oxygen atoms in total. The maximum Gasteiger partial charge on any atom is 0.219 e. The van der Waals surface area contributed by atoms with Crippen LogP contribution >= 0.6 is 0 Å². The second-order valence-electron chi connectivity index (χ2n) is 4.68. The quantitative estimate of drug-likeness (QED) is 0.632. The van der Waals surface area contributed by atoms with Crippen LogP contribution in [0.25, 0.3) is 0 Å². The molecule has 0 amide bonds. The van der Waals surface area contributed by atoms with Gasteiger partial charge in [0.25, 0.3) is 0 Å². The molecule has 0 N–H and O–H groups in total. The van der Waals surface area contributed by atoms with Crippen molar-refractivity contribution < 1.29 is 9.53 Å². The summed E-state index contributed by atoms with van der Waals surface area (Å²) in [5, 5.41) is 0. The Morgan fingerprint density at radius 2 is 2.14 bits per heavy atom. The Hall–Kier alpha value is -1.05. The third-order valence-corrected chi connectivity index (χ3v) is 2.19. The van der Waals surface area contributed by atoms with Crippen LogP contribution in [0.4, 0.5) is 0 Å². The van der Waals surface area contributed by atoms with E-state index in [0.717, 1.165) is 12.0 Å². The van der Waals surface area contributed by atoms with E-state index in [4.69, 9.17) is 4.74 Å². The SMILES string of the molecule is CC(C)=CC(=O)C1=CC(C)(C)CCO1. The van der Waals surface area contributed by atoms with Gasteiger partial charge in [-0.25, -0.2) is 0 Å². The molecule has 1 heterocycles. The zero-order valence-corrected chi connectivity index (χ0v) is 9.39. The number of carbonyl (C=O) groups is 1. The first kappa shape index (κ1) is 11.0. The Morgan fingerprint density at radius 1 is 1.50 bits per heavy atom. The number of ketones is 1. The Balaban J connectivity index is 2.83. The summed E-state index contributed by atoms with van der Waals surface area (Å²) in [5.41, 5.74) is 1.08. The summed E-state index contributed by atoms with van der Waals surface area (Å²) in [6.07, 6.45) is 4.52. The van der Waals surface area contributed by atoms with Crippen molar-refractivity contribution in [2.24, 2.45) is 5.41 Å². The van der Waals surface area contributed by atoms with E-state index in [-0.39, 0.29) is 11.2 Å². The minimum Gasteiger partial charge on any atom is -0.490 e. The minimum absolute atomic E-state index is 0.0159. The molecule has 0 spiro atoms. The summed E-state index contributed by atoms with van der Waals surface area (Å²) in [6, 6.07) is 0. The van der Waals surface area contributed by atoms with Gasteiger partial charge >= 0.3 is 0 Å². The van der Waals surface area contributed by atoms with Crippen LogP contribution in [0.5, 0.6) is 0 Å². The van der Waals surface area contributed by atoms with Gasteiger partial charge in [-0.2, -0.15) is 0 Å². The fourth-order valence-corrected chi connectivity index (χ4v) is 1.37. The summed E-state index contributed by atoms with van der Waals surface area (Å²) in [5.74, 6) is 0.486. The van der Waals surface area contributed by atoms with Gasteiger partial charge in [0.1, 0.15) is 0 Å². The van der Waals surface area contributed by atoms with Gasteiger partial charge in [-0.15, -0.1) is 0 Å². The van der Waals surface area contributed by atoms with E-state index >= 15 is 0 Å². The van der Waals surface area contributed by atoms with Crippen LogP contribution in [-0.2, 0) is 9.53 Å². The molecule has 0 saturated carbocycles. The third-order valence-electron chi connectivity index (χ3n) is 2.19. The van der Waals surface area contributed by atoms with Gasteiger partial charge < -0.3 is 4.74 Å². The lowest BCUT2D eigenvalue weighted by Crippen LogP contribution is -2.21. The van der Waals surface area contributed by atoms with Crippen molar-refractivity contribution in [1.29, 1.82) is 0 Å². The van der Waals surface area contributed by atoms with Crippen LogP contribution in [-0.4, -0.2) is 12.4 Å². The minimum atomic E-state index is -0.0159. The molecule has 1 aliphatic heterocycles. The summed E-state index contributed by atoms with van der Waals surface area (Å²) >= 11 is 0. The molecule has 14 heavy (non-hydrogen) atoms. The molecule has 0 fully saturated rings. The summed E-state index contributed by atoms with van der Waals surface area (Å²) < 4.78 is 5.34. The molecule has 0 aliphatic carbocycles. The van der Waals surface area contributed by atoms with Gasteiger partial charge in [0.2, 0.25) is 5.78 Å². The van der Waals surface area contributed by atoms with Gasteiger partial charge in [0, 0.05) is 0 Å². The van der Waals surface area contributed by atoms with Crippen molar-refractivity contribution in [3.05, 3.63) is 23.5 Å². The second-order valence-corrected chi connectivity index (χ2v) is 4.68. The van der Waals surface area contributed by atoms with Gasteiger partial charge in [0.15, 0.2) is 5.76 Å². The lowest BCUT2D eigenvalue weighted by atomic mass is 9.87. The molecule has 0 atom stereocenters. The molecular formula is C12H18O2. The highest BCUT2D eigenvalue weighted by Crippen LogP contribution is 2.29. The monoisotopic (exact) mass is 194 g/mol. The first-order valence-electron chi connectivity index (χ1n) is 4.96. The number of hydrogen-bond acceptors (Lipinski definition) is 2. The smallest absolute Gasteiger partial charge is 0.219 e. The van der Waals surface area contributed by atoms with Gasteiger partial charge in [-0.05, 0) is 37.8 Å². The number of ether oxygens (including phenoxy) is 1. The van der Waals surface area contributed by atoms with Crippen molar-refractivity contribution in [3.63, 3.8) is 0 Å². The number of rotatable bonds is 2. The fourth-order valence-electron chi connectivity index (χ4n) is 1.37. The van der Waals surface area contributed by atoms with Crippen LogP contribution < -0.4 is 0 Å². The van der Waals surface area contributed by atoms with Crippen LogP contribution in [0.3, 0.4) is 0 Å². The van der Waals surface area contributed by atoms with E-state index < -0.39 is 0 Å². The second kappa shape index (κ2) is 3.99. The third kappa shape index (κ3) is 3.02. The van der Waals surface area contributed by atoms with Gasteiger partial charge in [0.05, 0.1) is 6.61 Å². The molecule has 0 bridgehead atoms. The molecule has 0 aromatic heterocycles. The van der Waals surface area contributed by atoms with Crippen molar-refractivity contribution in [2.45, 2.75) is 34.1 Å². The summed E-state index contributed by atoms with van der Waals surface area (Å²) in [4.78, 5) is 11.6. The van der Waals surface area contributed by atoms with E-state index in [1.807, 2.05) is 19.9 Å². The van der Waals surface area contributed by atoms with E-state index in [1.54, 1.807) is 6.08 Å². The van der Waals surface area contributed by atoms with Crippen molar-refractivity contribution in [2.75, 3.05) is 6.61 Å². The Morgan fingerprint density at radius 3 is 2.64 bits per heavy atom. The molecule has 0 aromatic carbocycles. The molecule has 1 rings (SSSR count). The zero-order chi connectivity index (χ0) is 10.8. The number of carbonyl (C=O) groups excluding carboxylic acids is 1. The Bertz CT molecular complexity index is 291. The average Bonchev–Trinajstić information content (AvgIpc) is 2.01. The van der Waals surface area contributed by atoms with Crippen LogP contribution in [0.2, 0.25) is 0 Å². The van der Waals surface area contributed by atoms with Crippen LogP contribution in [0.15, 0.2) is 23.5 Å². The fraction of sp³-hybridized carbons (Fsp3) is 0.583. The zero-order valence-electron chi connectivity index (χ0n) is 9.39. The number of allylic oxidation sites excluding steroid dienone is 3. The molecule has 0 aromatic rings. The summed E-state index contributed by atoms with van der Waals surface area (Å²) in [6.45, 7) is 8.69. The van der Waals surface area contributed by atoms with Crippen molar-refractivity contribution >= 4 is 5.78 Å². The maximum absolute atomic E-state index is 11.6. The normalized spacial score (nSPS) is 19.3. The first-order chi connectivity index (χ1) is 6.41. The van der Waals surface area contributed by atoms with Crippen molar-refractivity contribution in [1.82, 2.24) is 0 Å². The number of hydrogen-bond donors (Lipinski definition) is 0. The predicted octanol–water partition coefficient (Wildman–Crippen LogP) is 2.85. The molecular weight excluding hydrogens is 176 g/mol. The van der Waals surface area contributed by atoms with Gasteiger partial charge in [-0.3, -0.25) is 4.79 Å². The molecule has 78 valence electrons. The lowest BCUT2D eigenvalue weighted by Gasteiger charge is -2.26. The Kier molecular flexibility index (Phi) is 3.14. The lowest BCUT2D eigenvalue weighted by molar-refractivity contribution is -0.115. The standard InChI is InChI=1S/C12H18O2/c1-9(2)7-10(13)11-8-12(3,4)5-6-14-11/h7-8H,5-6H2,1-4H3. The topological polar surface area (TPSA) is 26.3 Å². The molecule has 0 unspecified atom stereocenters. The summed E-state index contributed by atoms with van der Waals surface area (Å²) in [7, 11) is 0. The van der Waals surface area contributed by atoms with Gasteiger partial charge in [-0.1, -0.05) is 19.4 Å². The molecule has 2 heteroatoms. The maximum atomic E-state index is 11.6. The predicted molar refractivity (Wildman–Crippen MR) is 56.9 cm³/mol. The van der Waals surface area contributed by atoms with Crippen LogP contribution in [0.1, 0.15) is 34.1 Å². The first-order valence-corrected chi connectivity index (χ1v) is 4.96. The van der Waals surface area contributed by atoms with E-state index in [9.17, 15) is 4.79 Å². The molecule has 0 radical (unpaired) electrons. The largest absolute Gasteiger partial charge is 0.490 e. The Labute approximate surface area is 85.6 Å². The average molecular weight is 194 g/mol. The molecule has 0 saturated heterocycles. The highest BCUT2D eigenvalue weighted by atomic mass is 16.5. The highest BCUT2D eigenvalue weighted by Gasteiger charge is 2.23.